The summed E-state index contributed by atoms with van der Waals surface area (Å²) in [5.41, 5.74) is 0.744. The fourth-order valence-corrected chi connectivity index (χ4v) is 2.60. The van der Waals surface area contributed by atoms with E-state index in [9.17, 15) is 8.42 Å². The summed E-state index contributed by atoms with van der Waals surface area (Å²) >= 11 is 5.64. The summed E-state index contributed by atoms with van der Waals surface area (Å²) in [5, 5.41) is 8.65. The minimum atomic E-state index is -3.76. The molecule has 0 aliphatic carbocycles. The Kier molecular flexibility index (Phi) is 4.17. The van der Waals surface area contributed by atoms with Gasteiger partial charge in [0.15, 0.2) is 5.82 Å². The molecule has 6 nitrogen and oxygen atoms in total. The smallest absolute Gasteiger partial charge is 0.262 e. The standard InChI is InChI=1S/C12H9ClN4O2S/c13-11-7-15-8-12(16-11)17-20(18,19)10-3-1-9(2-4-10)5-6-14/h1-4,7-8H,5H2,(H,16,17). The topological polar surface area (TPSA) is 95.7 Å². The van der Waals surface area contributed by atoms with Gasteiger partial charge in [0.25, 0.3) is 10.0 Å². The maximum atomic E-state index is 12.1. The summed E-state index contributed by atoms with van der Waals surface area (Å²) in [7, 11) is -3.76. The summed E-state index contributed by atoms with van der Waals surface area (Å²) in [6, 6.07) is 8.01. The van der Waals surface area contributed by atoms with E-state index in [1.807, 2.05) is 6.07 Å². The van der Waals surface area contributed by atoms with Gasteiger partial charge in [0.1, 0.15) is 5.15 Å². The lowest BCUT2D eigenvalue weighted by Gasteiger charge is -2.07. The molecule has 2 rings (SSSR count). The molecular weight excluding hydrogens is 300 g/mol. The Morgan fingerprint density at radius 2 is 1.95 bits per heavy atom. The van der Waals surface area contributed by atoms with Gasteiger partial charge >= 0.3 is 0 Å². The van der Waals surface area contributed by atoms with Crippen LogP contribution in [0.2, 0.25) is 5.15 Å². The molecule has 0 amide bonds. The second kappa shape index (κ2) is 5.86. The van der Waals surface area contributed by atoms with Gasteiger partial charge in [0, 0.05) is 0 Å². The highest BCUT2D eigenvalue weighted by atomic mass is 35.5. The predicted molar refractivity (Wildman–Crippen MR) is 73.6 cm³/mol. The van der Waals surface area contributed by atoms with Crippen LogP contribution in [0.1, 0.15) is 5.56 Å². The van der Waals surface area contributed by atoms with E-state index in [4.69, 9.17) is 16.9 Å². The number of nitriles is 1. The molecule has 1 N–H and O–H groups in total. The molecule has 0 fully saturated rings. The monoisotopic (exact) mass is 308 g/mol. The van der Waals surface area contributed by atoms with Gasteiger partial charge in [0.2, 0.25) is 0 Å². The second-order valence-corrected chi connectivity index (χ2v) is 5.88. The van der Waals surface area contributed by atoms with Crippen molar-refractivity contribution in [3.63, 3.8) is 0 Å². The Balaban J connectivity index is 2.24. The van der Waals surface area contributed by atoms with Crippen molar-refractivity contribution in [3.05, 3.63) is 47.4 Å². The molecule has 8 heteroatoms. The Hall–Kier alpha value is -2.17. The zero-order valence-corrected chi connectivity index (χ0v) is 11.7. The second-order valence-electron chi connectivity index (χ2n) is 3.81. The Morgan fingerprint density at radius 3 is 2.55 bits per heavy atom. The van der Waals surface area contributed by atoms with Gasteiger partial charge in [-0.15, -0.1) is 0 Å². The molecule has 0 aliphatic heterocycles. The summed E-state index contributed by atoms with van der Waals surface area (Å²) in [6.07, 6.45) is 2.79. The number of anilines is 1. The third-order valence-corrected chi connectivity index (χ3v) is 3.91. The molecule has 1 aromatic heterocycles. The molecule has 20 heavy (non-hydrogen) atoms. The number of hydrogen-bond acceptors (Lipinski definition) is 5. The summed E-state index contributed by atoms with van der Waals surface area (Å²) in [4.78, 5) is 7.61. The van der Waals surface area contributed by atoms with E-state index in [1.54, 1.807) is 12.1 Å². The minimum absolute atomic E-state index is 0.0404. The average Bonchev–Trinajstić information content (AvgIpc) is 2.39. The number of hydrogen-bond donors (Lipinski definition) is 1. The van der Waals surface area contributed by atoms with Crippen molar-refractivity contribution < 1.29 is 8.42 Å². The van der Waals surface area contributed by atoms with Crippen LogP contribution in [0, 0.1) is 11.3 Å². The molecule has 0 atom stereocenters. The van der Waals surface area contributed by atoms with Crippen molar-refractivity contribution in [3.8, 4) is 6.07 Å². The number of nitrogens with zero attached hydrogens (tertiary/aromatic N) is 3. The van der Waals surface area contributed by atoms with E-state index < -0.39 is 10.0 Å². The molecule has 102 valence electrons. The van der Waals surface area contributed by atoms with Crippen molar-refractivity contribution in [2.75, 3.05) is 4.72 Å². The van der Waals surface area contributed by atoms with Gasteiger partial charge in [-0.25, -0.2) is 13.4 Å². The molecule has 1 heterocycles. The quantitative estimate of drug-likeness (QED) is 0.932. The lowest BCUT2D eigenvalue weighted by atomic mass is 10.2. The Bertz CT molecular complexity index is 754. The lowest BCUT2D eigenvalue weighted by molar-refractivity contribution is 0.601. The van der Waals surface area contributed by atoms with E-state index in [1.165, 1.54) is 24.5 Å². The molecule has 0 bridgehead atoms. The van der Waals surface area contributed by atoms with Crippen LogP contribution in [0.4, 0.5) is 5.82 Å². The third kappa shape index (κ3) is 3.44. The van der Waals surface area contributed by atoms with Crippen LogP contribution < -0.4 is 4.72 Å². The van der Waals surface area contributed by atoms with Gasteiger partial charge < -0.3 is 0 Å². The van der Waals surface area contributed by atoms with Gasteiger partial charge in [0.05, 0.1) is 29.8 Å². The van der Waals surface area contributed by atoms with Crippen LogP contribution in [-0.4, -0.2) is 18.4 Å². The molecule has 0 spiro atoms. The van der Waals surface area contributed by atoms with E-state index in [0.29, 0.717) is 0 Å². The van der Waals surface area contributed by atoms with Crippen LogP contribution in [0.3, 0.4) is 0 Å². The first-order valence-corrected chi connectivity index (χ1v) is 7.33. The number of sulfonamides is 1. The molecular formula is C12H9ClN4O2S. The highest BCUT2D eigenvalue weighted by Crippen LogP contribution is 2.16. The van der Waals surface area contributed by atoms with Crippen molar-refractivity contribution in [2.45, 2.75) is 11.3 Å². The van der Waals surface area contributed by atoms with Crippen molar-refractivity contribution in [1.82, 2.24) is 9.97 Å². The first kappa shape index (κ1) is 14.2. The summed E-state index contributed by atoms with van der Waals surface area (Å²) in [5.74, 6) is 0.0404. The van der Waals surface area contributed by atoms with Gasteiger partial charge in [-0.3, -0.25) is 9.71 Å². The van der Waals surface area contributed by atoms with Gasteiger partial charge in [-0.2, -0.15) is 5.26 Å². The minimum Gasteiger partial charge on any atom is -0.262 e. The van der Waals surface area contributed by atoms with Crippen LogP contribution >= 0.6 is 11.6 Å². The van der Waals surface area contributed by atoms with Crippen molar-refractivity contribution >= 4 is 27.4 Å². The van der Waals surface area contributed by atoms with E-state index >= 15 is 0 Å². The number of halogens is 1. The van der Waals surface area contributed by atoms with Crippen LogP contribution in [-0.2, 0) is 16.4 Å². The fraction of sp³-hybridized carbons (Fsp3) is 0.0833. The number of benzene rings is 1. The molecule has 0 aliphatic rings. The van der Waals surface area contributed by atoms with E-state index in [0.717, 1.165) is 5.56 Å². The van der Waals surface area contributed by atoms with Crippen molar-refractivity contribution in [1.29, 1.82) is 5.26 Å². The zero-order valence-electron chi connectivity index (χ0n) is 10.1. The largest absolute Gasteiger partial charge is 0.263 e. The first-order valence-electron chi connectivity index (χ1n) is 5.47. The summed E-state index contributed by atoms with van der Waals surface area (Å²) < 4.78 is 26.5. The summed E-state index contributed by atoms with van der Waals surface area (Å²) in [6.45, 7) is 0. The molecule has 0 radical (unpaired) electrons. The first-order chi connectivity index (χ1) is 9.51. The normalized spacial score (nSPS) is 10.8. The van der Waals surface area contributed by atoms with Crippen molar-refractivity contribution in [2.24, 2.45) is 0 Å². The highest BCUT2D eigenvalue weighted by Gasteiger charge is 2.15. The lowest BCUT2D eigenvalue weighted by Crippen LogP contribution is -2.14. The Labute approximate surface area is 121 Å². The molecule has 0 saturated carbocycles. The number of rotatable bonds is 4. The Morgan fingerprint density at radius 1 is 1.25 bits per heavy atom. The fourth-order valence-electron chi connectivity index (χ4n) is 1.47. The SMILES string of the molecule is N#CCc1ccc(S(=O)(=O)Nc2cncc(Cl)n2)cc1. The molecule has 0 saturated heterocycles. The van der Waals surface area contributed by atoms with Crippen LogP contribution in [0.5, 0.6) is 0 Å². The van der Waals surface area contributed by atoms with Gasteiger partial charge in [-0.05, 0) is 17.7 Å². The molecule has 2 aromatic rings. The van der Waals surface area contributed by atoms with Crippen LogP contribution in [0.15, 0.2) is 41.6 Å². The zero-order chi connectivity index (χ0) is 14.6. The van der Waals surface area contributed by atoms with E-state index in [2.05, 4.69) is 14.7 Å². The van der Waals surface area contributed by atoms with Crippen LogP contribution in [0.25, 0.3) is 0 Å². The highest BCUT2D eigenvalue weighted by molar-refractivity contribution is 7.92. The predicted octanol–water partition coefficient (Wildman–Crippen LogP) is 2.00. The molecule has 0 unspecified atom stereocenters. The van der Waals surface area contributed by atoms with E-state index in [-0.39, 0.29) is 22.3 Å². The van der Waals surface area contributed by atoms with Gasteiger partial charge in [-0.1, -0.05) is 23.7 Å². The number of nitrogens with one attached hydrogen (secondary N) is 1. The third-order valence-electron chi connectivity index (χ3n) is 2.36. The maximum Gasteiger partial charge on any atom is 0.263 e. The maximum absolute atomic E-state index is 12.1. The number of aromatic nitrogens is 2. The average molecular weight is 309 g/mol. The molecule has 1 aromatic carbocycles.